The Hall–Kier alpha value is -5.26. The van der Waals surface area contributed by atoms with Crippen LogP contribution in [0.15, 0.2) is 54.6 Å². The van der Waals surface area contributed by atoms with Gasteiger partial charge in [0.05, 0.1) is 48.8 Å². The third-order valence-electron chi connectivity index (χ3n) is 13.1. The van der Waals surface area contributed by atoms with Crippen molar-refractivity contribution in [3.63, 3.8) is 0 Å². The maximum atomic E-state index is 14.6. The molecule has 1 aliphatic heterocycles. The molecule has 2 aromatic carbocycles. The molecule has 4 unspecified atom stereocenters. The van der Waals surface area contributed by atoms with Gasteiger partial charge >= 0.3 is 12.2 Å². The first-order chi connectivity index (χ1) is 31.1. The lowest BCUT2D eigenvalue weighted by molar-refractivity contribution is -0.148. The Morgan fingerprint density at radius 1 is 0.818 bits per heavy atom. The van der Waals surface area contributed by atoms with Gasteiger partial charge in [-0.05, 0) is 60.8 Å². The van der Waals surface area contributed by atoms with Crippen LogP contribution >= 0.6 is 0 Å². The monoisotopic (exact) mass is 925 g/mol. The number of amides is 6. The largest absolute Gasteiger partial charge is 0.465 e. The van der Waals surface area contributed by atoms with Crippen LogP contribution < -0.4 is 15.5 Å². The number of carboxylic acid groups (broad SMARTS) is 1. The molecule has 6 amide bonds. The highest BCUT2D eigenvalue weighted by atomic mass is 16.6. The zero-order chi connectivity index (χ0) is 49.6. The minimum absolute atomic E-state index is 0.0541. The molecule has 0 aromatic heterocycles. The Bertz CT molecular complexity index is 1900. The number of carbonyl (C=O) groups excluding carboxylic acids is 5. The van der Waals surface area contributed by atoms with Crippen LogP contribution in [-0.2, 0) is 40.0 Å². The SMILES string of the molecule is CC[C@H](C)C(C(CC(=O)N1CCC[C@@H]1[C@H](OC)[C@@H](C)C(=O)N[C@H](C)[C@@H](O)c1ccccc1)OC)N(C)C(=O)C(NC(=O)C(C(C)C)N(C)C(=O)OCc1ccc(N(C)C(=O)O)cc1)C(C)C. The van der Waals surface area contributed by atoms with Crippen molar-refractivity contribution in [3.8, 4) is 0 Å². The Morgan fingerprint density at radius 3 is 1.97 bits per heavy atom. The van der Waals surface area contributed by atoms with Crippen molar-refractivity contribution in [2.45, 2.75) is 136 Å². The standard InChI is InChI=1S/C49H76N6O11/c1-14-31(6)42(38(64-12)27-39(56)55-26-18-21-37(55)44(65-13)32(7)45(58)50-33(8)43(57)35-19-16-15-17-20-35)53(10)47(60)40(29(2)3)51-46(59)41(30(4)5)54(11)49(63)66-28-34-22-24-36(25-23-34)52(9)48(61)62/h15-17,19-20,22-25,29-33,37-38,40-44,57H,14,18,21,26-28H2,1-13H3,(H,50,58)(H,51,59)(H,61,62)/t31-,32+,33+,37+,38?,40?,41?,42?,43+,44+/m0/s1. The second kappa shape index (κ2) is 25.6. The number of likely N-dealkylation sites (tertiary alicyclic amines) is 1. The minimum atomic E-state index is -1.11. The van der Waals surface area contributed by atoms with Gasteiger partial charge in [-0.1, -0.05) is 97.4 Å². The molecule has 17 heteroatoms. The van der Waals surface area contributed by atoms with E-state index in [2.05, 4.69) is 10.6 Å². The maximum absolute atomic E-state index is 14.6. The minimum Gasteiger partial charge on any atom is -0.465 e. The molecule has 1 aliphatic rings. The first-order valence-electron chi connectivity index (χ1n) is 23.0. The van der Waals surface area contributed by atoms with Gasteiger partial charge in [-0.15, -0.1) is 0 Å². The highest BCUT2D eigenvalue weighted by molar-refractivity contribution is 5.92. The van der Waals surface area contributed by atoms with Crippen LogP contribution in [0.5, 0.6) is 0 Å². The van der Waals surface area contributed by atoms with Gasteiger partial charge in [0, 0.05) is 47.6 Å². The fourth-order valence-corrected chi connectivity index (χ4v) is 8.86. The predicted molar refractivity (Wildman–Crippen MR) is 251 cm³/mol. The van der Waals surface area contributed by atoms with Crippen LogP contribution in [0.25, 0.3) is 0 Å². The molecule has 10 atom stereocenters. The zero-order valence-corrected chi connectivity index (χ0v) is 41.2. The van der Waals surface area contributed by atoms with E-state index in [0.717, 1.165) is 4.90 Å². The number of benzene rings is 2. The molecule has 368 valence electrons. The number of nitrogens with one attached hydrogen (secondary N) is 2. The Kier molecular flexibility index (Phi) is 21.4. The van der Waals surface area contributed by atoms with Crippen LogP contribution in [-0.4, -0.2) is 145 Å². The normalized spacial score (nSPS) is 17.9. The average Bonchev–Trinajstić information content (AvgIpc) is 3.78. The Morgan fingerprint density at radius 2 is 1.44 bits per heavy atom. The van der Waals surface area contributed by atoms with Crippen molar-refractivity contribution in [3.05, 3.63) is 65.7 Å². The summed E-state index contributed by atoms with van der Waals surface area (Å²) < 4.78 is 17.5. The number of ether oxygens (including phenoxy) is 3. The predicted octanol–water partition coefficient (Wildman–Crippen LogP) is 5.69. The van der Waals surface area contributed by atoms with Crippen LogP contribution in [0.3, 0.4) is 0 Å². The second-order valence-electron chi connectivity index (χ2n) is 18.3. The first kappa shape index (κ1) is 55.1. The molecule has 1 saturated heterocycles. The van der Waals surface area contributed by atoms with Gasteiger partial charge < -0.3 is 44.9 Å². The number of rotatable bonds is 23. The van der Waals surface area contributed by atoms with Gasteiger partial charge in [-0.2, -0.15) is 0 Å². The highest BCUT2D eigenvalue weighted by Crippen LogP contribution is 2.30. The van der Waals surface area contributed by atoms with Crippen LogP contribution in [0, 0.1) is 23.7 Å². The van der Waals surface area contributed by atoms with E-state index in [1.807, 2.05) is 45.9 Å². The molecule has 1 heterocycles. The van der Waals surface area contributed by atoms with E-state index in [-0.39, 0.29) is 48.5 Å². The third-order valence-corrected chi connectivity index (χ3v) is 13.1. The van der Waals surface area contributed by atoms with E-state index in [9.17, 15) is 39.0 Å². The lowest BCUT2D eigenvalue weighted by Gasteiger charge is -2.41. The van der Waals surface area contributed by atoms with Crippen LogP contribution in [0.4, 0.5) is 15.3 Å². The summed E-state index contributed by atoms with van der Waals surface area (Å²) in [7, 11) is 7.58. The third kappa shape index (κ3) is 14.1. The fraction of sp³-hybridized carbons (Fsp3) is 0.633. The van der Waals surface area contributed by atoms with Crippen molar-refractivity contribution >= 4 is 41.5 Å². The summed E-state index contributed by atoms with van der Waals surface area (Å²) in [5.41, 5.74) is 1.75. The summed E-state index contributed by atoms with van der Waals surface area (Å²) >= 11 is 0. The molecule has 0 spiro atoms. The van der Waals surface area contributed by atoms with Gasteiger partial charge in [-0.25, -0.2) is 9.59 Å². The number of carbonyl (C=O) groups is 6. The van der Waals surface area contributed by atoms with Gasteiger partial charge in [0.15, 0.2) is 0 Å². The number of hydrogen-bond donors (Lipinski definition) is 4. The summed E-state index contributed by atoms with van der Waals surface area (Å²) in [6.45, 7) is 15.0. The van der Waals surface area contributed by atoms with Gasteiger partial charge in [0.1, 0.15) is 18.7 Å². The summed E-state index contributed by atoms with van der Waals surface area (Å²) in [6.07, 6.45) is -2.22. The molecule has 2 aromatic rings. The number of nitrogens with zero attached hydrogens (tertiary/aromatic N) is 4. The number of hydrogen-bond acceptors (Lipinski definition) is 10. The number of anilines is 1. The molecular weight excluding hydrogens is 849 g/mol. The Balaban J connectivity index is 1.74. The van der Waals surface area contributed by atoms with Crippen molar-refractivity contribution in [2.75, 3.05) is 46.8 Å². The molecule has 0 aliphatic carbocycles. The zero-order valence-electron chi connectivity index (χ0n) is 41.2. The first-order valence-corrected chi connectivity index (χ1v) is 23.0. The van der Waals surface area contributed by atoms with E-state index in [1.54, 1.807) is 80.9 Å². The van der Waals surface area contributed by atoms with E-state index >= 15 is 0 Å². The second-order valence-corrected chi connectivity index (χ2v) is 18.3. The van der Waals surface area contributed by atoms with Crippen LogP contribution in [0.2, 0.25) is 0 Å². The Labute approximate surface area is 391 Å². The smallest absolute Gasteiger partial charge is 0.411 e. The summed E-state index contributed by atoms with van der Waals surface area (Å²) in [5.74, 6) is -2.94. The molecule has 4 N–H and O–H groups in total. The van der Waals surface area contributed by atoms with Crippen molar-refractivity contribution in [2.24, 2.45) is 23.7 Å². The summed E-state index contributed by atoms with van der Waals surface area (Å²) in [6, 6.07) is 12.0. The van der Waals surface area contributed by atoms with Crippen molar-refractivity contribution in [1.29, 1.82) is 0 Å². The number of aliphatic hydroxyl groups is 1. The van der Waals surface area contributed by atoms with E-state index in [0.29, 0.717) is 42.6 Å². The average molecular weight is 925 g/mol. The van der Waals surface area contributed by atoms with Gasteiger partial charge in [0.25, 0.3) is 0 Å². The molecule has 3 rings (SSSR count). The quantitative estimate of drug-likeness (QED) is 0.106. The van der Waals surface area contributed by atoms with Gasteiger partial charge in [0.2, 0.25) is 23.6 Å². The van der Waals surface area contributed by atoms with Crippen molar-refractivity contribution in [1.82, 2.24) is 25.3 Å². The summed E-state index contributed by atoms with van der Waals surface area (Å²) in [4.78, 5) is 86.7. The van der Waals surface area contributed by atoms with Crippen molar-refractivity contribution < 1.29 is 53.2 Å². The lowest BCUT2D eigenvalue weighted by atomic mass is 9.89. The molecule has 17 nitrogen and oxygen atoms in total. The van der Waals surface area contributed by atoms with Crippen LogP contribution in [0.1, 0.15) is 98.3 Å². The molecule has 0 bridgehead atoms. The number of likely N-dealkylation sites (N-methyl/N-ethyl adjacent to an activating group) is 2. The van der Waals surface area contributed by atoms with Gasteiger partial charge in [-0.3, -0.25) is 29.0 Å². The fourth-order valence-electron chi connectivity index (χ4n) is 8.86. The molecule has 0 radical (unpaired) electrons. The molecular formula is C49H76N6O11. The van der Waals surface area contributed by atoms with E-state index in [4.69, 9.17) is 14.2 Å². The van der Waals surface area contributed by atoms with E-state index < -0.39 is 72.5 Å². The topological polar surface area (TPSA) is 208 Å². The number of methoxy groups -OCH3 is 2. The van der Waals surface area contributed by atoms with E-state index in [1.165, 1.54) is 33.2 Å². The summed E-state index contributed by atoms with van der Waals surface area (Å²) in [5, 5.41) is 26.0. The highest BCUT2D eigenvalue weighted by Gasteiger charge is 2.43. The number of aliphatic hydroxyl groups excluding tert-OH is 1. The molecule has 66 heavy (non-hydrogen) atoms. The lowest BCUT2D eigenvalue weighted by Crippen LogP contribution is -2.60. The molecule has 1 fully saturated rings. The molecule has 0 saturated carbocycles. The maximum Gasteiger partial charge on any atom is 0.411 e.